The van der Waals surface area contributed by atoms with Crippen LogP contribution in [0.4, 0.5) is 16.6 Å². The van der Waals surface area contributed by atoms with Crippen LogP contribution in [0.1, 0.15) is 26.6 Å². The van der Waals surface area contributed by atoms with Crippen molar-refractivity contribution in [2.75, 3.05) is 10.6 Å². The average Bonchev–Trinajstić information content (AvgIpc) is 3.05. The summed E-state index contributed by atoms with van der Waals surface area (Å²) in [4.78, 5) is 25.7. The van der Waals surface area contributed by atoms with E-state index in [2.05, 4.69) is 48.2 Å². The van der Waals surface area contributed by atoms with Gasteiger partial charge in [0.05, 0.1) is 6.20 Å². The first kappa shape index (κ1) is 17.7. The second-order valence-electron chi connectivity index (χ2n) is 5.34. The summed E-state index contributed by atoms with van der Waals surface area (Å²) in [5.74, 6) is 1.16. The molecule has 1 aromatic carbocycles. The third-order valence-electron chi connectivity index (χ3n) is 3.48. The number of anilines is 3. The van der Waals surface area contributed by atoms with Gasteiger partial charge in [0.15, 0.2) is 5.13 Å². The molecule has 0 spiro atoms. The first-order valence-electron chi connectivity index (χ1n) is 7.55. The molecule has 2 aromatic heterocycles. The lowest BCUT2D eigenvalue weighted by Crippen LogP contribution is -2.12. The van der Waals surface area contributed by atoms with Gasteiger partial charge in [-0.2, -0.15) is 0 Å². The van der Waals surface area contributed by atoms with Gasteiger partial charge >= 0.3 is 0 Å². The van der Waals surface area contributed by atoms with E-state index in [0.717, 1.165) is 21.2 Å². The molecule has 0 aliphatic carbocycles. The number of aryl methyl sites for hydroxylation is 2. The number of benzene rings is 1. The number of carbonyl (C=O) groups is 1. The van der Waals surface area contributed by atoms with Crippen LogP contribution in [-0.4, -0.2) is 20.9 Å². The van der Waals surface area contributed by atoms with E-state index < -0.39 is 0 Å². The topological polar surface area (TPSA) is 79.8 Å². The fraction of sp³-hybridized carbons (Fsp3) is 0.176. The highest BCUT2D eigenvalue weighted by Gasteiger charge is 2.14. The molecule has 2 N–H and O–H groups in total. The monoisotopic (exact) mass is 465 g/mol. The van der Waals surface area contributed by atoms with Gasteiger partial charge < -0.3 is 10.6 Å². The summed E-state index contributed by atoms with van der Waals surface area (Å²) < 4.78 is 0.831. The van der Waals surface area contributed by atoms with Gasteiger partial charge in [-0.25, -0.2) is 15.0 Å². The molecule has 1 amide bonds. The molecular weight excluding hydrogens is 449 g/mol. The van der Waals surface area contributed by atoms with E-state index in [4.69, 9.17) is 0 Å². The number of nitrogens with zero attached hydrogens (tertiary/aromatic N) is 3. The van der Waals surface area contributed by atoms with Crippen molar-refractivity contribution in [2.24, 2.45) is 0 Å². The minimum atomic E-state index is -0.162. The van der Waals surface area contributed by atoms with Crippen LogP contribution in [0.25, 0.3) is 0 Å². The molecule has 25 heavy (non-hydrogen) atoms. The standard InChI is InChI=1S/C17H16IN5OS/c1-10-4-3-5-12(8-18)15(10)23-16(24)13-9-20-17(25-13)22-14-6-7-19-11(2)21-14/h3-7,9H,8H2,1-2H3,(H,23,24)(H,19,20,21,22). The molecule has 3 aromatic rings. The molecule has 0 unspecified atom stereocenters. The van der Waals surface area contributed by atoms with E-state index in [0.29, 0.717) is 21.7 Å². The van der Waals surface area contributed by atoms with Crippen molar-refractivity contribution in [1.82, 2.24) is 15.0 Å². The van der Waals surface area contributed by atoms with E-state index in [1.165, 1.54) is 11.3 Å². The van der Waals surface area contributed by atoms with Crippen molar-refractivity contribution in [1.29, 1.82) is 0 Å². The zero-order valence-electron chi connectivity index (χ0n) is 13.7. The first-order valence-corrected chi connectivity index (χ1v) is 9.89. The fourth-order valence-electron chi connectivity index (χ4n) is 2.27. The highest BCUT2D eigenvalue weighted by atomic mass is 127. The molecule has 0 saturated carbocycles. The number of thiazole rings is 1. The Morgan fingerprint density at radius 1 is 1.24 bits per heavy atom. The molecule has 2 heterocycles. The molecule has 128 valence electrons. The highest BCUT2D eigenvalue weighted by Crippen LogP contribution is 2.26. The maximum Gasteiger partial charge on any atom is 0.267 e. The summed E-state index contributed by atoms with van der Waals surface area (Å²) in [7, 11) is 0. The van der Waals surface area contributed by atoms with Crippen molar-refractivity contribution in [3.8, 4) is 0 Å². The lowest BCUT2D eigenvalue weighted by atomic mass is 10.1. The number of hydrogen-bond acceptors (Lipinski definition) is 6. The van der Waals surface area contributed by atoms with E-state index in [-0.39, 0.29) is 5.91 Å². The molecule has 3 rings (SSSR count). The molecule has 0 saturated heterocycles. The van der Waals surface area contributed by atoms with Gasteiger partial charge in [-0.1, -0.05) is 52.1 Å². The van der Waals surface area contributed by atoms with Crippen LogP contribution >= 0.6 is 33.9 Å². The normalized spacial score (nSPS) is 10.5. The Morgan fingerprint density at radius 2 is 2.08 bits per heavy atom. The summed E-state index contributed by atoms with van der Waals surface area (Å²) >= 11 is 3.58. The van der Waals surface area contributed by atoms with Gasteiger partial charge in [-0.15, -0.1) is 0 Å². The number of carbonyl (C=O) groups excluding carboxylic acids is 1. The second kappa shape index (κ2) is 7.87. The number of amides is 1. The Morgan fingerprint density at radius 3 is 2.84 bits per heavy atom. The number of alkyl halides is 1. The highest BCUT2D eigenvalue weighted by molar-refractivity contribution is 14.1. The van der Waals surface area contributed by atoms with Crippen molar-refractivity contribution >= 4 is 56.5 Å². The predicted molar refractivity (Wildman–Crippen MR) is 109 cm³/mol. The average molecular weight is 465 g/mol. The Hall–Kier alpha value is -2.07. The zero-order chi connectivity index (χ0) is 17.8. The Balaban J connectivity index is 1.75. The summed E-state index contributed by atoms with van der Waals surface area (Å²) in [6.07, 6.45) is 3.24. The first-order chi connectivity index (χ1) is 12.1. The quantitative estimate of drug-likeness (QED) is 0.429. The third-order valence-corrected chi connectivity index (χ3v) is 5.22. The minimum Gasteiger partial charge on any atom is -0.321 e. The number of nitrogens with one attached hydrogen (secondary N) is 2. The largest absolute Gasteiger partial charge is 0.321 e. The molecule has 8 heteroatoms. The third kappa shape index (κ3) is 4.31. The molecule has 0 bridgehead atoms. The van der Waals surface area contributed by atoms with E-state index in [9.17, 15) is 4.79 Å². The summed E-state index contributed by atoms with van der Waals surface area (Å²) in [5.41, 5.74) is 3.02. The van der Waals surface area contributed by atoms with Gasteiger partial charge in [-0.05, 0) is 31.0 Å². The molecular formula is C17H16IN5OS. The van der Waals surface area contributed by atoms with Crippen LogP contribution in [0.2, 0.25) is 0 Å². The number of aromatic nitrogens is 3. The number of rotatable bonds is 5. The molecule has 0 radical (unpaired) electrons. The van der Waals surface area contributed by atoms with Gasteiger partial charge in [0.25, 0.3) is 5.91 Å². The Bertz CT molecular complexity index is 912. The van der Waals surface area contributed by atoms with E-state index in [1.807, 2.05) is 32.0 Å². The molecule has 0 aliphatic heterocycles. The van der Waals surface area contributed by atoms with Gasteiger partial charge in [0, 0.05) is 16.3 Å². The Kier molecular flexibility index (Phi) is 5.59. The predicted octanol–water partition coefficient (Wildman–Crippen LogP) is 4.48. The number of halogens is 1. The number of para-hydroxylation sites is 1. The van der Waals surface area contributed by atoms with Crippen LogP contribution < -0.4 is 10.6 Å². The van der Waals surface area contributed by atoms with Crippen LogP contribution in [0.15, 0.2) is 36.7 Å². The fourth-order valence-corrected chi connectivity index (χ4v) is 3.62. The summed E-state index contributed by atoms with van der Waals surface area (Å²) in [5, 5.41) is 6.71. The molecule has 0 atom stereocenters. The van der Waals surface area contributed by atoms with Gasteiger partial charge in [-0.3, -0.25) is 4.79 Å². The van der Waals surface area contributed by atoms with E-state index >= 15 is 0 Å². The van der Waals surface area contributed by atoms with Crippen LogP contribution in [0.5, 0.6) is 0 Å². The maximum absolute atomic E-state index is 12.6. The van der Waals surface area contributed by atoms with Crippen LogP contribution in [0, 0.1) is 13.8 Å². The summed E-state index contributed by atoms with van der Waals surface area (Å²) in [6.45, 7) is 3.81. The van der Waals surface area contributed by atoms with Crippen molar-refractivity contribution in [3.63, 3.8) is 0 Å². The minimum absolute atomic E-state index is 0.162. The second-order valence-corrected chi connectivity index (χ2v) is 7.13. The van der Waals surface area contributed by atoms with Crippen LogP contribution in [-0.2, 0) is 4.43 Å². The maximum atomic E-state index is 12.6. The zero-order valence-corrected chi connectivity index (χ0v) is 16.7. The van der Waals surface area contributed by atoms with Crippen LogP contribution in [0.3, 0.4) is 0 Å². The molecule has 6 nitrogen and oxygen atoms in total. The molecule has 0 aliphatic rings. The SMILES string of the molecule is Cc1nccc(Nc2ncc(C(=O)Nc3c(C)cccc3CI)s2)n1. The Labute approximate surface area is 163 Å². The molecule has 0 fully saturated rings. The van der Waals surface area contributed by atoms with Crippen molar-refractivity contribution in [2.45, 2.75) is 18.3 Å². The summed E-state index contributed by atoms with van der Waals surface area (Å²) in [6, 6.07) is 7.76. The lowest BCUT2D eigenvalue weighted by molar-refractivity contribution is 0.103. The van der Waals surface area contributed by atoms with E-state index in [1.54, 1.807) is 18.5 Å². The smallest absolute Gasteiger partial charge is 0.267 e. The van der Waals surface area contributed by atoms with Gasteiger partial charge in [0.2, 0.25) is 0 Å². The lowest BCUT2D eigenvalue weighted by Gasteiger charge is -2.11. The van der Waals surface area contributed by atoms with Crippen molar-refractivity contribution < 1.29 is 4.79 Å². The van der Waals surface area contributed by atoms with Crippen molar-refractivity contribution in [3.05, 3.63) is 58.5 Å². The number of hydrogen-bond donors (Lipinski definition) is 2. The van der Waals surface area contributed by atoms with Gasteiger partial charge in [0.1, 0.15) is 16.5 Å².